The summed E-state index contributed by atoms with van der Waals surface area (Å²) in [5.74, 6) is 2.14. The maximum atomic E-state index is 5.93. The quantitative estimate of drug-likeness (QED) is 0.476. The molecule has 29 heavy (non-hydrogen) atoms. The number of benzene rings is 2. The van der Waals surface area contributed by atoms with Crippen LogP contribution in [-0.4, -0.2) is 29.2 Å². The number of fused-ring (bicyclic) bond motifs is 1. The lowest BCUT2D eigenvalue weighted by Crippen LogP contribution is -2.26. The monoisotopic (exact) mass is 471 g/mol. The summed E-state index contributed by atoms with van der Waals surface area (Å²) >= 11 is 5.22. The molecule has 1 N–H and O–H groups in total. The zero-order chi connectivity index (χ0) is 20.8. The number of ether oxygens (including phenoxy) is 1. The smallest absolute Gasteiger partial charge is 0.245 e. The molecular formula is C21H22BrN5OS. The predicted molar refractivity (Wildman–Crippen MR) is 125 cm³/mol. The van der Waals surface area contributed by atoms with Crippen molar-refractivity contribution in [3.05, 3.63) is 64.8 Å². The summed E-state index contributed by atoms with van der Waals surface area (Å²) in [5, 5.41) is 9.43. The van der Waals surface area contributed by atoms with Gasteiger partial charge in [0, 0.05) is 22.1 Å². The minimum Gasteiger partial charge on any atom is -0.431 e. The molecule has 2 aromatic carbocycles. The van der Waals surface area contributed by atoms with Gasteiger partial charge in [-0.1, -0.05) is 32.0 Å². The molecule has 0 saturated carbocycles. The van der Waals surface area contributed by atoms with E-state index in [4.69, 9.17) is 4.74 Å². The average molecular weight is 472 g/mol. The van der Waals surface area contributed by atoms with Crippen LogP contribution >= 0.6 is 27.7 Å². The van der Waals surface area contributed by atoms with Crippen LogP contribution in [0.5, 0.6) is 5.75 Å². The Morgan fingerprint density at radius 1 is 1.10 bits per heavy atom. The summed E-state index contributed by atoms with van der Waals surface area (Å²) in [6.07, 6.45) is 3.70. The van der Waals surface area contributed by atoms with Gasteiger partial charge in [-0.25, -0.2) is 9.99 Å². The minimum atomic E-state index is 0.488. The first-order valence-electron chi connectivity index (χ1n) is 9.17. The highest BCUT2D eigenvalue weighted by Crippen LogP contribution is 2.32. The molecule has 0 saturated heterocycles. The van der Waals surface area contributed by atoms with E-state index in [2.05, 4.69) is 48.4 Å². The number of halogens is 1. The van der Waals surface area contributed by atoms with Gasteiger partial charge in [-0.3, -0.25) is 0 Å². The topological polar surface area (TPSA) is 62.6 Å². The number of aromatic nitrogens is 2. The molecule has 0 fully saturated rings. The number of hydrogen-bond donors (Lipinski definition) is 1. The van der Waals surface area contributed by atoms with E-state index >= 15 is 0 Å². The van der Waals surface area contributed by atoms with Crippen molar-refractivity contribution in [2.24, 2.45) is 5.10 Å². The highest BCUT2D eigenvalue weighted by Gasteiger charge is 2.23. The van der Waals surface area contributed by atoms with E-state index in [0.29, 0.717) is 23.4 Å². The maximum absolute atomic E-state index is 5.93. The molecule has 2 heterocycles. The van der Waals surface area contributed by atoms with Crippen molar-refractivity contribution in [2.75, 3.05) is 23.6 Å². The number of thioether (sulfide) groups is 1. The summed E-state index contributed by atoms with van der Waals surface area (Å²) in [5.41, 5.74) is 1.80. The zero-order valence-electron chi connectivity index (χ0n) is 16.7. The average Bonchev–Trinajstić information content (AvgIpc) is 2.76. The van der Waals surface area contributed by atoms with Crippen molar-refractivity contribution in [1.29, 1.82) is 0 Å². The Morgan fingerprint density at radius 3 is 2.66 bits per heavy atom. The van der Waals surface area contributed by atoms with E-state index in [0.717, 1.165) is 15.7 Å². The van der Waals surface area contributed by atoms with Gasteiger partial charge in [0.15, 0.2) is 11.6 Å². The third-order valence-corrected chi connectivity index (χ3v) is 5.34. The SMILES string of the molecule is CC.CSc1cccc(Nc2ncc3c(n2)N(C)N=C(c2ccccc2Br)O3)c1. The van der Waals surface area contributed by atoms with Gasteiger partial charge in [0.1, 0.15) is 0 Å². The second kappa shape index (κ2) is 9.76. The van der Waals surface area contributed by atoms with Gasteiger partial charge in [0.2, 0.25) is 11.8 Å². The molecule has 0 amide bonds. The standard InChI is InChI=1S/C19H16BrN5OS.C2H6/c1-25-17-16(26-18(24-25)14-8-3-4-9-15(14)20)11-21-19(23-17)22-12-6-5-7-13(10-12)27-2;1-2/h3-11H,1-2H3,(H,21,22,23);1-2H3. The number of nitrogens with one attached hydrogen (secondary N) is 1. The van der Waals surface area contributed by atoms with Crippen LogP contribution in [0.2, 0.25) is 0 Å². The first-order chi connectivity index (χ1) is 14.1. The summed E-state index contributed by atoms with van der Waals surface area (Å²) in [6.45, 7) is 4.00. The van der Waals surface area contributed by atoms with Crippen LogP contribution in [0.15, 0.2) is 69.2 Å². The van der Waals surface area contributed by atoms with E-state index < -0.39 is 0 Å². The zero-order valence-corrected chi connectivity index (χ0v) is 19.1. The molecule has 3 aromatic rings. The number of rotatable bonds is 4. The van der Waals surface area contributed by atoms with Gasteiger partial charge in [-0.05, 0) is 52.5 Å². The van der Waals surface area contributed by atoms with Gasteiger partial charge < -0.3 is 10.1 Å². The Bertz CT molecular complexity index is 1030. The molecule has 0 spiro atoms. The van der Waals surface area contributed by atoms with Crippen molar-refractivity contribution in [3.8, 4) is 5.75 Å². The third-order valence-electron chi connectivity index (χ3n) is 3.92. The lowest BCUT2D eigenvalue weighted by molar-refractivity contribution is 0.525. The molecule has 8 heteroatoms. The Morgan fingerprint density at radius 2 is 1.90 bits per heavy atom. The molecule has 0 bridgehead atoms. The van der Waals surface area contributed by atoms with Crippen LogP contribution in [0, 0.1) is 0 Å². The van der Waals surface area contributed by atoms with E-state index in [1.54, 1.807) is 23.0 Å². The minimum absolute atomic E-state index is 0.488. The summed E-state index contributed by atoms with van der Waals surface area (Å²) in [7, 11) is 1.84. The molecule has 1 aliphatic rings. The molecule has 0 atom stereocenters. The maximum Gasteiger partial charge on any atom is 0.245 e. The van der Waals surface area contributed by atoms with Gasteiger partial charge in [-0.15, -0.1) is 16.9 Å². The van der Waals surface area contributed by atoms with Crippen molar-refractivity contribution in [1.82, 2.24) is 9.97 Å². The third kappa shape index (κ3) is 4.89. The fraction of sp³-hybridized carbons (Fsp3) is 0.190. The van der Waals surface area contributed by atoms with Crippen molar-refractivity contribution < 1.29 is 4.74 Å². The molecule has 0 radical (unpaired) electrons. The highest BCUT2D eigenvalue weighted by atomic mass is 79.9. The normalized spacial score (nSPS) is 12.2. The first-order valence-corrected chi connectivity index (χ1v) is 11.2. The molecule has 6 nitrogen and oxygen atoms in total. The van der Waals surface area contributed by atoms with Gasteiger partial charge in [0.25, 0.3) is 0 Å². The summed E-state index contributed by atoms with van der Waals surface area (Å²) < 4.78 is 6.84. The number of hydrogen-bond acceptors (Lipinski definition) is 7. The lowest BCUT2D eigenvalue weighted by Gasteiger charge is -2.23. The summed E-state index contributed by atoms with van der Waals surface area (Å²) in [6, 6.07) is 15.9. The van der Waals surface area contributed by atoms with E-state index in [-0.39, 0.29) is 0 Å². The first kappa shape index (κ1) is 21.1. The molecule has 4 rings (SSSR count). The van der Waals surface area contributed by atoms with E-state index in [1.165, 1.54) is 4.90 Å². The second-order valence-corrected chi connectivity index (χ2v) is 7.48. The molecule has 1 aromatic heterocycles. The number of anilines is 3. The molecule has 0 unspecified atom stereocenters. The Balaban J connectivity index is 0.00000117. The Labute approximate surface area is 183 Å². The fourth-order valence-electron chi connectivity index (χ4n) is 2.61. The fourth-order valence-corrected chi connectivity index (χ4v) is 3.52. The van der Waals surface area contributed by atoms with Crippen LogP contribution in [0.1, 0.15) is 19.4 Å². The number of hydrazone groups is 1. The molecular weight excluding hydrogens is 450 g/mol. The molecule has 0 aliphatic carbocycles. The van der Waals surface area contributed by atoms with Crippen LogP contribution in [-0.2, 0) is 0 Å². The van der Waals surface area contributed by atoms with Gasteiger partial charge >= 0.3 is 0 Å². The van der Waals surface area contributed by atoms with Crippen LogP contribution < -0.4 is 15.1 Å². The highest BCUT2D eigenvalue weighted by molar-refractivity contribution is 9.10. The van der Waals surface area contributed by atoms with Crippen LogP contribution in [0.25, 0.3) is 0 Å². The van der Waals surface area contributed by atoms with Crippen molar-refractivity contribution >= 4 is 51.0 Å². The largest absolute Gasteiger partial charge is 0.431 e. The van der Waals surface area contributed by atoms with Crippen molar-refractivity contribution in [3.63, 3.8) is 0 Å². The second-order valence-electron chi connectivity index (χ2n) is 5.75. The molecule has 150 valence electrons. The van der Waals surface area contributed by atoms with E-state index in [9.17, 15) is 0 Å². The Hall–Kier alpha value is -2.58. The molecule has 1 aliphatic heterocycles. The van der Waals surface area contributed by atoms with Crippen LogP contribution in [0.4, 0.5) is 17.5 Å². The Kier molecular flexibility index (Phi) is 7.11. The van der Waals surface area contributed by atoms with Gasteiger partial charge in [-0.2, -0.15) is 4.98 Å². The van der Waals surface area contributed by atoms with Gasteiger partial charge in [0.05, 0.1) is 11.8 Å². The number of nitrogens with zero attached hydrogens (tertiary/aromatic N) is 4. The summed E-state index contributed by atoms with van der Waals surface area (Å²) in [4.78, 5) is 10.1. The van der Waals surface area contributed by atoms with Crippen molar-refractivity contribution in [2.45, 2.75) is 18.7 Å². The lowest BCUT2D eigenvalue weighted by atomic mass is 10.2. The van der Waals surface area contributed by atoms with Crippen LogP contribution in [0.3, 0.4) is 0 Å². The van der Waals surface area contributed by atoms with E-state index in [1.807, 2.05) is 63.5 Å². The predicted octanol–water partition coefficient (Wildman–Crippen LogP) is 5.92.